The molecule has 0 amide bonds. The summed E-state index contributed by atoms with van der Waals surface area (Å²) in [5.74, 6) is 0.159. The van der Waals surface area contributed by atoms with Crippen molar-refractivity contribution < 1.29 is 4.79 Å². The summed E-state index contributed by atoms with van der Waals surface area (Å²) in [6.45, 7) is 0. The summed E-state index contributed by atoms with van der Waals surface area (Å²) in [5.41, 5.74) is 1.92. The molecular formula is C21H16ClIOS. The Morgan fingerprint density at radius 2 is 1.56 bits per heavy atom. The monoisotopic (exact) mass is 478 g/mol. The lowest BCUT2D eigenvalue weighted by molar-refractivity contribution is 0.0982. The minimum absolute atomic E-state index is 0.0640. The number of halogens is 2. The maximum atomic E-state index is 12.7. The van der Waals surface area contributed by atoms with Crippen LogP contribution in [-0.2, 0) is 0 Å². The molecule has 0 spiro atoms. The number of carbonyl (C=O) groups excluding carboxylic acids is 1. The van der Waals surface area contributed by atoms with E-state index in [9.17, 15) is 4.79 Å². The highest BCUT2D eigenvalue weighted by Gasteiger charge is 2.18. The molecule has 126 valence electrons. The molecule has 25 heavy (non-hydrogen) atoms. The Hall–Kier alpha value is -1.30. The van der Waals surface area contributed by atoms with Crippen LogP contribution in [0.2, 0.25) is 5.02 Å². The number of carbonyl (C=O) groups is 1. The van der Waals surface area contributed by atoms with E-state index >= 15 is 0 Å². The fraction of sp³-hybridized carbons (Fsp3) is 0.0952. The van der Waals surface area contributed by atoms with Gasteiger partial charge < -0.3 is 0 Å². The first-order valence-corrected chi connectivity index (χ1v) is 10.2. The molecule has 3 aromatic rings. The molecule has 0 radical (unpaired) electrons. The molecule has 0 N–H and O–H groups in total. The third-order valence-corrected chi connectivity index (χ3v) is 6.04. The van der Waals surface area contributed by atoms with Gasteiger partial charge in [-0.15, -0.1) is 11.8 Å². The molecule has 0 heterocycles. The second-order valence-electron chi connectivity index (χ2n) is 5.61. The van der Waals surface area contributed by atoms with E-state index in [1.54, 1.807) is 11.8 Å². The van der Waals surface area contributed by atoms with Crippen molar-refractivity contribution in [2.45, 2.75) is 16.6 Å². The molecule has 3 rings (SSSR count). The minimum Gasteiger partial charge on any atom is -0.294 e. The van der Waals surface area contributed by atoms with Crippen molar-refractivity contribution in [2.75, 3.05) is 0 Å². The number of Topliss-reactive ketones (excluding diaryl/α,β-unsaturated/α-hetero) is 1. The van der Waals surface area contributed by atoms with Gasteiger partial charge in [-0.1, -0.05) is 54.1 Å². The molecule has 0 bridgehead atoms. The average molecular weight is 479 g/mol. The Morgan fingerprint density at radius 3 is 2.20 bits per heavy atom. The van der Waals surface area contributed by atoms with Crippen LogP contribution >= 0.6 is 46.0 Å². The zero-order valence-electron chi connectivity index (χ0n) is 13.4. The smallest absolute Gasteiger partial charge is 0.164 e. The highest BCUT2D eigenvalue weighted by atomic mass is 127. The molecular weight excluding hydrogens is 463 g/mol. The van der Waals surface area contributed by atoms with Crippen molar-refractivity contribution in [3.63, 3.8) is 0 Å². The Bertz CT molecular complexity index is 832. The topological polar surface area (TPSA) is 17.1 Å². The van der Waals surface area contributed by atoms with Gasteiger partial charge in [0.15, 0.2) is 5.78 Å². The number of ketones is 1. The molecule has 0 saturated heterocycles. The maximum Gasteiger partial charge on any atom is 0.164 e. The van der Waals surface area contributed by atoms with Crippen molar-refractivity contribution in [3.8, 4) is 0 Å². The molecule has 0 aliphatic carbocycles. The maximum absolute atomic E-state index is 12.7. The molecule has 0 unspecified atom stereocenters. The van der Waals surface area contributed by atoms with Crippen LogP contribution in [0.15, 0.2) is 83.8 Å². The van der Waals surface area contributed by atoms with E-state index in [0.29, 0.717) is 6.42 Å². The van der Waals surface area contributed by atoms with Crippen molar-refractivity contribution in [3.05, 3.63) is 98.6 Å². The van der Waals surface area contributed by atoms with E-state index in [0.717, 1.165) is 24.6 Å². The fourth-order valence-corrected chi connectivity index (χ4v) is 4.13. The van der Waals surface area contributed by atoms with Crippen molar-refractivity contribution in [1.29, 1.82) is 0 Å². The summed E-state index contributed by atoms with van der Waals surface area (Å²) in [6, 6.07) is 25.7. The number of thioether (sulfide) groups is 1. The van der Waals surface area contributed by atoms with Crippen LogP contribution in [0.4, 0.5) is 0 Å². The molecule has 0 aliphatic heterocycles. The van der Waals surface area contributed by atoms with Crippen LogP contribution in [-0.4, -0.2) is 5.78 Å². The first kappa shape index (κ1) is 18.5. The molecule has 0 fully saturated rings. The van der Waals surface area contributed by atoms with Gasteiger partial charge in [-0.2, -0.15) is 0 Å². The van der Waals surface area contributed by atoms with Gasteiger partial charge in [0, 0.05) is 30.7 Å². The first-order valence-electron chi connectivity index (χ1n) is 7.88. The second kappa shape index (κ2) is 8.88. The van der Waals surface area contributed by atoms with Crippen LogP contribution < -0.4 is 0 Å². The largest absolute Gasteiger partial charge is 0.294 e. The lowest BCUT2D eigenvalue weighted by Gasteiger charge is -2.17. The van der Waals surface area contributed by atoms with Gasteiger partial charge in [-0.3, -0.25) is 4.79 Å². The Balaban J connectivity index is 1.82. The zero-order valence-corrected chi connectivity index (χ0v) is 17.1. The SMILES string of the molecule is O=C(C[C@@H](Sc1ccc(Cl)cc1)c1ccccc1)c1ccc(I)cc1. The van der Waals surface area contributed by atoms with Crippen LogP contribution in [0.1, 0.15) is 27.6 Å². The highest BCUT2D eigenvalue weighted by molar-refractivity contribution is 14.1. The highest BCUT2D eigenvalue weighted by Crippen LogP contribution is 2.38. The van der Waals surface area contributed by atoms with Crippen LogP contribution in [0.3, 0.4) is 0 Å². The number of hydrogen-bond donors (Lipinski definition) is 0. The molecule has 0 aromatic heterocycles. The van der Waals surface area contributed by atoms with Crippen molar-refractivity contribution >= 4 is 51.7 Å². The fourth-order valence-electron chi connectivity index (χ4n) is 2.49. The van der Waals surface area contributed by atoms with Crippen LogP contribution in [0.25, 0.3) is 0 Å². The van der Waals surface area contributed by atoms with E-state index in [-0.39, 0.29) is 11.0 Å². The van der Waals surface area contributed by atoms with Gasteiger partial charge in [0.05, 0.1) is 0 Å². The first-order chi connectivity index (χ1) is 12.1. The number of hydrogen-bond acceptors (Lipinski definition) is 2. The van der Waals surface area contributed by atoms with E-state index in [4.69, 9.17) is 11.6 Å². The van der Waals surface area contributed by atoms with E-state index in [2.05, 4.69) is 34.7 Å². The average Bonchev–Trinajstić information content (AvgIpc) is 2.64. The minimum atomic E-state index is 0.0640. The van der Waals surface area contributed by atoms with Crippen LogP contribution in [0.5, 0.6) is 0 Å². The van der Waals surface area contributed by atoms with Gasteiger partial charge in [0.1, 0.15) is 0 Å². The number of benzene rings is 3. The van der Waals surface area contributed by atoms with Crippen molar-refractivity contribution in [1.82, 2.24) is 0 Å². The zero-order chi connectivity index (χ0) is 17.6. The van der Waals surface area contributed by atoms with Crippen LogP contribution in [0, 0.1) is 3.57 Å². The molecule has 4 heteroatoms. The third-order valence-electron chi connectivity index (χ3n) is 3.80. The Kier molecular flexibility index (Phi) is 6.57. The standard InChI is InChI=1S/C21H16ClIOS/c22-17-8-12-19(13-9-17)25-21(16-4-2-1-3-5-16)14-20(24)15-6-10-18(23)11-7-15/h1-13,21H,14H2/t21-/m1/s1. The molecule has 3 aromatic carbocycles. The Labute approximate surface area is 170 Å². The van der Waals surface area contributed by atoms with Gasteiger partial charge >= 0.3 is 0 Å². The summed E-state index contributed by atoms with van der Waals surface area (Å²) >= 11 is 9.92. The normalized spacial score (nSPS) is 11.9. The van der Waals surface area contributed by atoms with Crippen molar-refractivity contribution in [2.24, 2.45) is 0 Å². The molecule has 0 saturated carbocycles. The van der Waals surface area contributed by atoms with Gasteiger partial charge in [0.25, 0.3) is 0 Å². The van der Waals surface area contributed by atoms with E-state index in [1.165, 1.54) is 0 Å². The summed E-state index contributed by atoms with van der Waals surface area (Å²) < 4.78 is 1.13. The summed E-state index contributed by atoms with van der Waals surface area (Å²) in [7, 11) is 0. The van der Waals surface area contributed by atoms with Gasteiger partial charge in [-0.25, -0.2) is 0 Å². The predicted octanol–water partition coefficient (Wildman–Crippen LogP) is 7.05. The number of rotatable bonds is 6. The lowest BCUT2D eigenvalue weighted by Crippen LogP contribution is -2.05. The Morgan fingerprint density at radius 1 is 0.920 bits per heavy atom. The summed E-state index contributed by atoms with van der Waals surface area (Å²) in [6.07, 6.45) is 0.456. The van der Waals surface area contributed by atoms with E-state index < -0.39 is 0 Å². The summed E-state index contributed by atoms with van der Waals surface area (Å²) in [5, 5.41) is 0.782. The third kappa shape index (κ3) is 5.33. The van der Waals surface area contributed by atoms with Gasteiger partial charge in [-0.05, 0) is 64.6 Å². The lowest BCUT2D eigenvalue weighted by atomic mass is 10.0. The quantitative estimate of drug-likeness (QED) is 0.214. The molecule has 1 nitrogen and oxygen atoms in total. The molecule has 1 atom stereocenters. The summed E-state index contributed by atoms with van der Waals surface area (Å²) in [4.78, 5) is 13.9. The van der Waals surface area contributed by atoms with E-state index in [1.807, 2.05) is 66.7 Å². The van der Waals surface area contributed by atoms with Gasteiger partial charge in [0.2, 0.25) is 0 Å². The predicted molar refractivity (Wildman–Crippen MR) is 115 cm³/mol. The molecule has 0 aliphatic rings. The second-order valence-corrected chi connectivity index (χ2v) is 8.56.